The largest absolute Gasteiger partial charge is 0.298 e. The molecule has 2 aromatic carbocycles. The highest BCUT2D eigenvalue weighted by Gasteiger charge is 2.64. The minimum Gasteiger partial charge on any atom is -0.298 e. The van der Waals surface area contributed by atoms with E-state index in [1.807, 2.05) is 43.3 Å². The maximum atomic E-state index is 12.8. The van der Waals surface area contributed by atoms with Crippen molar-refractivity contribution in [2.45, 2.75) is 25.7 Å². The molecule has 0 radical (unpaired) electrons. The van der Waals surface area contributed by atoms with Crippen molar-refractivity contribution in [3.63, 3.8) is 0 Å². The van der Waals surface area contributed by atoms with Crippen LogP contribution >= 0.6 is 0 Å². The van der Waals surface area contributed by atoms with Gasteiger partial charge in [0.2, 0.25) is 0 Å². The Bertz CT molecular complexity index is 645. The summed E-state index contributed by atoms with van der Waals surface area (Å²) < 4.78 is 0. The van der Waals surface area contributed by atoms with Crippen LogP contribution in [0.5, 0.6) is 0 Å². The van der Waals surface area contributed by atoms with Gasteiger partial charge < -0.3 is 0 Å². The molecule has 1 heteroatoms. The molecule has 1 saturated carbocycles. The predicted molar refractivity (Wildman–Crippen MR) is 86.2 cm³/mol. The van der Waals surface area contributed by atoms with Crippen LogP contribution in [0.25, 0.3) is 0 Å². The van der Waals surface area contributed by atoms with Gasteiger partial charge in [-0.1, -0.05) is 79.7 Å². The van der Waals surface area contributed by atoms with E-state index in [-0.39, 0.29) is 11.2 Å². The van der Waals surface area contributed by atoms with Crippen LogP contribution in [-0.2, 0) is 10.2 Å². The first-order valence-corrected chi connectivity index (χ1v) is 7.34. The molecule has 0 bridgehead atoms. The topological polar surface area (TPSA) is 17.1 Å². The first-order chi connectivity index (χ1) is 10.0. The Morgan fingerprint density at radius 1 is 0.952 bits per heavy atom. The third-order valence-electron chi connectivity index (χ3n) is 5.12. The first kappa shape index (κ1) is 13.8. The molecule has 106 valence electrons. The molecule has 3 rings (SSSR count). The second kappa shape index (κ2) is 4.70. The van der Waals surface area contributed by atoms with Gasteiger partial charge in [0.15, 0.2) is 0 Å². The summed E-state index contributed by atoms with van der Waals surface area (Å²) in [5.41, 5.74) is 2.37. The molecular formula is C20H20O. The molecule has 1 fully saturated rings. The molecule has 0 unspecified atom stereocenters. The van der Waals surface area contributed by atoms with E-state index in [0.29, 0.717) is 6.42 Å². The van der Waals surface area contributed by atoms with Crippen molar-refractivity contribution in [3.8, 4) is 0 Å². The summed E-state index contributed by atoms with van der Waals surface area (Å²) in [6.07, 6.45) is 0.562. The number of carbonyl (C=O) groups excluding carboxylic acids is 1. The Morgan fingerprint density at radius 3 is 1.71 bits per heavy atom. The van der Waals surface area contributed by atoms with Crippen LogP contribution in [0.15, 0.2) is 72.8 Å². The van der Waals surface area contributed by atoms with Gasteiger partial charge in [-0.05, 0) is 18.1 Å². The summed E-state index contributed by atoms with van der Waals surface area (Å²) in [5, 5.41) is 0. The second-order valence-corrected chi connectivity index (χ2v) is 6.19. The minimum absolute atomic E-state index is 0.229. The molecular weight excluding hydrogens is 256 g/mol. The summed E-state index contributed by atoms with van der Waals surface area (Å²) in [6.45, 7) is 8.38. The van der Waals surface area contributed by atoms with Crippen LogP contribution in [0.2, 0.25) is 0 Å². The Labute approximate surface area is 126 Å². The molecule has 0 aromatic heterocycles. The van der Waals surface area contributed by atoms with E-state index in [1.54, 1.807) is 0 Å². The number of ketones is 1. The number of hydrogen-bond donors (Lipinski definition) is 0. The van der Waals surface area contributed by atoms with E-state index < -0.39 is 5.41 Å². The smallest absolute Gasteiger partial charge is 0.149 e. The van der Waals surface area contributed by atoms with Crippen molar-refractivity contribution in [2.75, 3.05) is 0 Å². The number of benzene rings is 2. The second-order valence-electron chi connectivity index (χ2n) is 6.19. The lowest BCUT2D eigenvalue weighted by Gasteiger charge is -2.57. The zero-order valence-electron chi connectivity index (χ0n) is 12.6. The van der Waals surface area contributed by atoms with Gasteiger partial charge in [0.05, 0.1) is 5.41 Å². The van der Waals surface area contributed by atoms with E-state index in [1.165, 1.54) is 0 Å². The van der Waals surface area contributed by atoms with Gasteiger partial charge in [-0.25, -0.2) is 0 Å². The first-order valence-electron chi connectivity index (χ1n) is 7.34. The molecule has 2 aromatic rings. The Balaban J connectivity index is 2.31. The zero-order valence-corrected chi connectivity index (χ0v) is 12.6. The van der Waals surface area contributed by atoms with E-state index in [2.05, 4.69) is 37.8 Å². The summed E-state index contributed by atoms with van der Waals surface area (Å²) in [5.74, 6) is 0.283. The monoisotopic (exact) mass is 276 g/mol. The molecule has 1 nitrogen and oxygen atoms in total. The Kier molecular flexibility index (Phi) is 3.09. The number of carbonyl (C=O) groups is 1. The van der Waals surface area contributed by atoms with E-state index >= 15 is 0 Å². The van der Waals surface area contributed by atoms with Crippen LogP contribution in [0.3, 0.4) is 0 Å². The fraction of sp³-hybridized carbons (Fsp3) is 0.250. The van der Waals surface area contributed by atoms with Gasteiger partial charge in [-0.2, -0.15) is 0 Å². The van der Waals surface area contributed by atoms with Crippen molar-refractivity contribution in [2.24, 2.45) is 5.41 Å². The molecule has 1 aliphatic rings. The normalized spacial score (nSPS) is 23.4. The quantitative estimate of drug-likeness (QED) is 0.753. The predicted octanol–water partition coefficient (Wildman–Crippen LogP) is 4.53. The van der Waals surface area contributed by atoms with Crippen LogP contribution in [0, 0.1) is 5.41 Å². The number of Topliss-reactive ketones (excluding diaryl/α,β-unsaturated/α-hetero) is 1. The highest BCUT2D eigenvalue weighted by molar-refractivity contribution is 6.02. The average molecular weight is 276 g/mol. The lowest BCUT2D eigenvalue weighted by molar-refractivity contribution is -0.139. The summed E-state index contributed by atoms with van der Waals surface area (Å²) >= 11 is 0. The van der Waals surface area contributed by atoms with Crippen molar-refractivity contribution in [1.82, 2.24) is 0 Å². The van der Waals surface area contributed by atoms with Gasteiger partial charge in [-0.3, -0.25) is 4.79 Å². The fourth-order valence-corrected chi connectivity index (χ4v) is 3.76. The van der Waals surface area contributed by atoms with Crippen molar-refractivity contribution >= 4 is 5.78 Å². The lowest BCUT2D eigenvalue weighted by atomic mass is 9.42. The molecule has 0 spiro atoms. The molecule has 0 heterocycles. The highest BCUT2D eigenvalue weighted by atomic mass is 16.1. The van der Waals surface area contributed by atoms with Crippen LogP contribution in [-0.4, -0.2) is 5.78 Å². The van der Waals surface area contributed by atoms with Gasteiger partial charge in [0, 0.05) is 11.8 Å². The van der Waals surface area contributed by atoms with Gasteiger partial charge in [-0.15, -0.1) is 0 Å². The van der Waals surface area contributed by atoms with Gasteiger partial charge >= 0.3 is 0 Å². The number of rotatable bonds is 3. The standard InChI is InChI=1S/C20H20O/c1-15(2)19(3)14-18(21)20(19,16-10-6-4-7-11-16)17-12-8-5-9-13-17/h4-13H,1,14H2,2-3H3/t19-/m1/s1. The summed E-state index contributed by atoms with van der Waals surface area (Å²) in [6, 6.07) is 20.2. The molecule has 0 N–H and O–H groups in total. The van der Waals surface area contributed by atoms with Crippen LogP contribution in [0.4, 0.5) is 0 Å². The summed E-state index contributed by atoms with van der Waals surface area (Å²) in [4.78, 5) is 12.8. The SMILES string of the molecule is C=C(C)[C@@]1(C)CC(=O)C1(c1ccccc1)c1ccccc1. The summed E-state index contributed by atoms with van der Waals surface area (Å²) in [7, 11) is 0. The zero-order chi connectivity index (χ0) is 15.1. The maximum absolute atomic E-state index is 12.8. The number of hydrogen-bond acceptors (Lipinski definition) is 1. The van der Waals surface area contributed by atoms with Crippen molar-refractivity contribution in [3.05, 3.63) is 83.9 Å². The Hall–Kier alpha value is -2.15. The van der Waals surface area contributed by atoms with Crippen molar-refractivity contribution in [1.29, 1.82) is 0 Å². The van der Waals surface area contributed by atoms with Crippen LogP contribution < -0.4 is 0 Å². The van der Waals surface area contributed by atoms with Crippen molar-refractivity contribution < 1.29 is 4.79 Å². The van der Waals surface area contributed by atoms with Crippen LogP contribution in [0.1, 0.15) is 31.4 Å². The molecule has 1 atom stereocenters. The minimum atomic E-state index is -0.596. The number of allylic oxidation sites excluding steroid dienone is 1. The maximum Gasteiger partial charge on any atom is 0.149 e. The fourth-order valence-electron chi connectivity index (χ4n) is 3.76. The van der Waals surface area contributed by atoms with Gasteiger partial charge in [0.25, 0.3) is 0 Å². The third-order valence-corrected chi connectivity index (χ3v) is 5.12. The highest BCUT2D eigenvalue weighted by Crippen LogP contribution is 2.61. The van der Waals surface area contributed by atoms with E-state index in [0.717, 1.165) is 16.7 Å². The molecule has 1 aliphatic carbocycles. The average Bonchev–Trinajstić information content (AvgIpc) is 2.49. The lowest BCUT2D eigenvalue weighted by Crippen LogP contribution is -2.62. The Morgan fingerprint density at radius 2 is 1.38 bits per heavy atom. The molecule has 0 amide bonds. The molecule has 21 heavy (non-hydrogen) atoms. The molecule has 0 saturated heterocycles. The third kappa shape index (κ3) is 1.67. The van der Waals surface area contributed by atoms with E-state index in [9.17, 15) is 4.79 Å². The molecule has 0 aliphatic heterocycles. The van der Waals surface area contributed by atoms with Gasteiger partial charge in [0.1, 0.15) is 5.78 Å². The van der Waals surface area contributed by atoms with E-state index in [4.69, 9.17) is 0 Å².